The van der Waals surface area contributed by atoms with Gasteiger partial charge in [-0.3, -0.25) is 9.78 Å². The smallest absolute Gasteiger partial charge is 0.310 e. The summed E-state index contributed by atoms with van der Waals surface area (Å²) in [6.07, 6.45) is 0.340. The third kappa shape index (κ3) is 3.81. The van der Waals surface area contributed by atoms with Crippen LogP contribution in [0.5, 0.6) is 0 Å². The first-order chi connectivity index (χ1) is 9.58. The van der Waals surface area contributed by atoms with E-state index in [2.05, 4.69) is 15.0 Å². The molecule has 1 N–H and O–H groups in total. The molecule has 4 nitrogen and oxygen atoms in total. The number of hydrogen-bond acceptors (Lipinski definition) is 5. The summed E-state index contributed by atoms with van der Waals surface area (Å²) in [5.74, 6) is -0.204. The van der Waals surface area contributed by atoms with Crippen LogP contribution in [0.4, 0.5) is 5.69 Å². The van der Waals surface area contributed by atoms with E-state index in [1.807, 2.05) is 38.1 Å². The SMILES string of the molecule is COC(=O)Cc1ccc(CNc2ccc(C)nc2C)s1. The Labute approximate surface area is 122 Å². The van der Waals surface area contributed by atoms with Gasteiger partial charge in [-0.15, -0.1) is 11.3 Å². The number of esters is 1. The van der Waals surface area contributed by atoms with Crippen LogP contribution in [-0.4, -0.2) is 18.1 Å². The number of thiophene rings is 1. The Bertz CT molecular complexity index is 608. The van der Waals surface area contributed by atoms with Crippen LogP contribution in [0.3, 0.4) is 0 Å². The van der Waals surface area contributed by atoms with Crippen LogP contribution in [0.2, 0.25) is 0 Å². The number of pyridine rings is 1. The molecule has 2 rings (SSSR count). The number of aromatic nitrogens is 1. The Morgan fingerprint density at radius 1 is 1.25 bits per heavy atom. The van der Waals surface area contributed by atoms with Crippen molar-refractivity contribution in [1.82, 2.24) is 4.98 Å². The summed E-state index contributed by atoms with van der Waals surface area (Å²) in [5.41, 5.74) is 3.05. The standard InChI is InChI=1S/C15H18N2O2S/c1-10-4-7-14(11(2)17-10)16-9-13-6-5-12(20-13)8-15(18)19-3/h4-7,16H,8-9H2,1-3H3. The largest absolute Gasteiger partial charge is 0.469 e. The molecule has 5 heteroatoms. The molecule has 0 atom stereocenters. The van der Waals surface area contributed by atoms with E-state index in [-0.39, 0.29) is 5.97 Å². The van der Waals surface area contributed by atoms with Gasteiger partial charge in [-0.05, 0) is 38.1 Å². The van der Waals surface area contributed by atoms with Gasteiger partial charge in [-0.25, -0.2) is 0 Å². The molecule has 0 spiro atoms. The van der Waals surface area contributed by atoms with E-state index in [0.717, 1.165) is 28.5 Å². The lowest BCUT2D eigenvalue weighted by Gasteiger charge is -2.08. The van der Waals surface area contributed by atoms with E-state index in [9.17, 15) is 4.79 Å². The molecule has 0 saturated carbocycles. The molecule has 0 radical (unpaired) electrons. The van der Waals surface area contributed by atoms with Crippen molar-refractivity contribution in [3.8, 4) is 0 Å². The maximum absolute atomic E-state index is 11.2. The first-order valence-corrected chi connectivity index (χ1v) is 7.22. The van der Waals surface area contributed by atoms with Gasteiger partial charge in [-0.1, -0.05) is 0 Å². The van der Waals surface area contributed by atoms with Crippen LogP contribution in [0.25, 0.3) is 0 Å². The third-order valence-corrected chi connectivity index (χ3v) is 4.03. The van der Waals surface area contributed by atoms with Gasteiger partial charge in [0.15, 0.2) is 0 Å². The summed E-state index contributed by atoms with van der Waals surface area (Å²) in [5, 5.41) is 3.37. The van der Waals surface area contributed by atoms with Crippen LogP contribution in [-0.2, 0) is 22.5 Å². The van der Waals surface area contributed by atoms with Gasteiger partial charge in [-0.2, -0.15) is 0 Å². The summed E-state index contributed by atoms with van der Waals surface area (Å²) in [7, 11) is 1.41. The van der Waals surface area contributed by atoms with Crippen molar-refractivity contribution in [2.75, 3.05) is 12.4 Å². The predicted molar refractivity (Wildman–Crippen MR) is 81.1 cm³/mol. The normalized spacial score (nSPS) is 10.3. The quantitative estimate of drug-likeness (QED) is 0.860. The van der Waals surface area contributed by atoms with Gasteiger partial charge in [0.25, 0.3) is 0 Å². The van der Waals surface area contributed by atoms with Crippen molar-refractivity contribution in [3.05, 3.63) is 45.4 Å². The number of anilines is 1. The molecule has 20 heavy (non-hydrogen) atoms. The van der Waals surface area contributed by atoms with Crippen LogP contribution < -0.4 is 5.32 Å². The highest BCUT2D eigenvalue weighted by Gasteiger charge is 2.06. The first-order valence-electron chi connectivity index (χ1n) is 6.41. The number of nitrogens with one attached hydrogen (secondary N) is 1. The molecule has 0 aliphatic heterocycles. The number of ether oxygens (including phenoxy) is 1. The average molecular weight is 290 g/mol. The van der Waals surface area contributed by atoms with Crippen molar-refractivity contribution < 1.29 is 9.53 Å². The Balaban J connectivity index is 1.95. The number of nitrogens with zero attached hydrogens (tertiary/aromatic N) is 1. The lowest BCUT2D eigenvalue weighted by Crippen LogP contribution is -2.02. The highest BCUT2D eigenvalue weighted by atomic mass is 32.1. The summed E-state index contributed by atoms with van der Waals surface area (Å²) < 4.78 is 4.66. The van der Waals surface area contributed by atoms with Gasteiger partial charge < -0.3 is 10.1 Å². The van der Waals surface area contributed by atoms with Gasteiger partial charge >= 0.3 is 5.97 Å². The van der Waals surface area contributed by atoms with Gasteiger partial charge in [0.05, 0.1) is 24.9 Å². The predicted octanol–water partition coefficient (Wildman–Crippen LogP) is 3.09. The molecule has 0 bridgehead atoms. The molecular formula is C15H18N2O2S. The molecule has 0 fully saturated rings. The average Bonchev–Trinajstić information content (AvgIpc) is 2.85. The summed E-state index contributed by atoms with van der Waals surface area (Å²) in [6, 6.07) is 8.04. The number of carbonyl (C=O) groups excluding carboxylic acids is 1. The van der Waals surface area contributed by atoms with Crippen molar-refractivity contribution >= 4 is 23.0 Å². The lowest BCUT2D eigenvalue weighted by molar-refractivity contribution is -0.139. The second-order valence-electron chi connectivity index (χ2n) is 4.56. The summed E-state index contributed by atoms with van der Waals surface area (Å²) in [6.45, 7) is 4.71. The second kappa shape index (κ2) is 6.52. The van der Waals surface area contributed by atoms with Gasteiger partial charge in [0.1, 0.15) is 0 Å². The molecule has 0 saturated heterocycles. The summed E-state index contributed by atoms with van der Waals surface area (Å²) in [4.78, 5) is 17.8. The van der Waals surface area contributed by atoms with Crippen molar-refractivity contribution in [3.63, 3.8) is 0 Å². The Morgan fingerprint density at radius 3 is 2.70 bits per heavy atom. The zero-order chi connectivity index (χ0) is 14.5. The van der Waals surface area contributed by atoms with E-state index >= 15 is 0 Å². The van der Waals surface area contributed by atoms with Crippen LogP contribution in [0.1, 0.15) is 21.1 Å². The zero-order valence-electron chi connectivity index (χ0n) is 11.9. The Hall–Kier alpha value is -1.88. The van der Waals surface area contributed by atoms with E-state index < -0.39 is 0 Å². The molecular weight excluding hydrogens is 272 g/mol. The van der Waals surface area contributed by atoms with E-state index in [4.69, 9.17) is 0 Å². The molecule has 2 heterocycles. The minimum atomic E-state index is -0.204. The van der Waals surface area contributed by atoms with Crippen molar-refractivity contribution in [2.24, 2.45) is 0 Å². The lowest BCUT2D eigenvalue weighted by atomic mass is 10.2. The third-order valence-electron chi connectivity index (χ3n) is 2.94. The van der Waals surface area contributed by atoms with Crippen molar-refractivity contribution in [1.29, 1.82) is 0 Å². The highest BCUT2D eigenvalue weighted by molar-refractivity contribution is 7.12. The molecule has 2 aromatic rings. The minimum Gasteiger partial charge on any atom is -0.469 e. The fourth-order valence-electron chi connectivity index (χ4n) is 1.88. The van der Waals surface area contributed by atoms with Crippen molar-refractivity contribution in [2.45, 2.75) is 26.8 Å². The monoisotopic (exact) mass is 290 g/mol. The second-order valence-corrected chi connectivity index (χ2v) is 5.81. The number of rotatable bonds is 5. The topological polar surface area (TPSA) is 51.2 Å². The maximum Gasteiger partial charge on any atom is 0.310 e. The van der Waals surface area contributed by atoms with E-state index in [0.29, 0.717) is 6.42 Å². The molecule has 0 unspecified atom stereocenters. The molecule has 0 amide bonds. The van der Waals surface area contributed by atoms with E-state index in [1.54, 1.807) is 11.3 Å². The minimum absolute atomic E-state index is 0.204. The molecule has 0 aliphatic rings. The fourth-order valence-corrected chi connectivity index (χ4v) is 2.83. The van der Waals surface area contributed by atoms with Gasteiger partial charge in [0, 0.05) is 22.0 Å². The van der Waals surface area contributed by atoms with Crippen LogP contribution in [0.15, 0.2) is 24.3 Å². The van der Waals surface area contributed by atoms with E-state index in [1.165, 1.54) is 12.0 Å². The molecule has 0 aromatic carbocycles. The number of methoxy groups -OCH3 is 1. The maximum atomic E-state index is 11.2. The molecule has 106 valence electrons. The number of carbonyl (C=O) groups is 1. The zero-order valence-corrected chi connectivity index (χ0v) is 12.7. The number of hydrogen-bond donors (Lipinski definition) is 1. The number of aryl methyl sites for hydroxylation is 2. The van der Waals surface area contributed by atoms with Crippen LogP contribution in [0, 0.1) is 13.8 Å². The first kappa shape index (κ1) is 14.5. The fraction of sp³-hybridized carbons (Fsp3) is 0.333. The Morgan fingerprint density at radius 2 is 2.00 bits per heavy atom. The van der Waals surface area contributed by atoms with Crippen LogP contribution >= 0.6 is 11.3 Å². The molecule has 0 aliphatic carbocycles. The summed E-state index contributed by atoms with van der Waals surface area (Å²) >= 11 is 1.62. The Kier molecular flexibility index (Phi) is 4.74. The highest BCUT2D eigenvalue weighted by Crippen LogP contribution is 2.20. The molecule has 2 aromatic heterocycles. The van der Waals surface area contributed by atoms with Gasteiger partial charge in [0.2, 0.25) is 0 Å².